The Labute approximate surface area is 167 Å². The maximum absolute atomic E-state index is 12.5. The largest absolute Gasteiger partial charge is 0.375 e. The van der Waals surface area contributed by atoms with Gasteiger partial charge in [-0.25, -0.2) is 0 Å². The highest BCUT2D eigenvalue weighted by Crippen LogP contribution is 2.28. The maximum Gasteiger partial charge on any atom is 0.293 e. The molecule has 1 aliphatic heterocycles. The first-order chi connectivity index (χ1) is 14.0. The monoisotopic (exact) mass is 395 g/mol. The third-order valence-electron chi connectivity index (χ3n) is 5.09. The number of nitrogens with zero attached hydrogens (tertiary/aromatic N) is 3. The van der Waals surface area contributed by atoms with E-state index in [2.05, 4.69) is 15.6 Å². The van der Waals surface area contributed by atoms with Gasteiger partial charge in [0.05, 0.1) is 4.92 Å². The summed E-state index contributed by atoms with van der Waals surface area (Å²) in [6.07, 6.45) is 4.13. The lowest BCUT2D eigenvalue weighted by atomic mass is 10.1. The second kappa shape index (κ2) is 7.86. The second-order valence-electron chi connectivity index (χ2n) is 7.33. The number of hydrogen-bond acceptors (Lipinski definition) is 6. The minimum absolute atomic E-state index is 0.118. The number of pyridine rings is 1. The van der Waals surface area contributed by atoms with Crippen LogP contribution >= 0.6 is 0 Å². The molecule has 2 amide bonds. The van der Waals surface area contributed by atoms with Gasteiger partial charge in [0, 0.05) is 43.0 Å². The molecule has 1 atom stereocenters. The van der Waals surface area contributed by atoms with Crippen molar-refractivity contribution in [2.75, 3.05) is 18.4 Å². The Balaban J connectivity index is 1.44. The van der Waals surface area contributed by atoms with Crippen molar-refractivity contribution in [3.63, 3.8) is 0 Å². The van der Waals surface area contributed by atoms with Gasteiger partial charge >= 0.3 is 0 Å². The molecule has 1 aromatic heterocycles. The fourth-order valence-electron chi connectivity index (χ4n) is 3.38. The second-order valence-corrected chi connectivity index (χ2v) is 7.33. The van der Waals surface area contributed by atoms with Gasteiger partial charge in [0.1, 0.15) is 11.4 Å². The number of nitrogens with one attached hydrogen (secondary N) is 2. The van der Waals surface area contributed by atoms with Crippen molar-refractivity contribution in [2.24, 2.45) is 0 Å². The van der Waals surface area contributed by atoms with E-state index < -0.39 is 4.92 Å². The van der Waals surface area contributed by atoms with Gasteiger partial charge in [0.2, 0.25) is 0 Å². The van der Waals surface area contributed by atoms with Crippen molar-refractivity contribution in [3.05, 3.63) is 64.0 Å². The van der Waals surface area contributed by atoms with Crippen molar-refractivity contribution in [1.82, 2.24) is 15.2 Å². The number of aromatic nitrogens is 1. The van der Waals surface area contributed by atoms with E-state index in [4.69, 9.17) is 0 Å². The quantitative estimate of drug-likeness (QED) is 0.572. The molecule has 29 heavy (non-hydrogen) atoms. The van der Waals surface area contributed by atoms with Crippen LogP contribution in [-0.2, 0) is 0 Å². The Morgan fingerprint density at radius 3 is 2.66 bits per heavy atom. The number of likely N-dealkylation sites (tertiary alicyclic amines) is 1. The fourth-order valence-corrected chi connectivity index (χ4v) is 3.38. The summed E-state index contributed by atoms with van der Waals surface area (Å²) in [5, 5.41) is 17.5. The molecular weight excluding hydrogens is 374 g/mol. The molecule has 2 fully saturated rings. The number of carbonyl (C=O) groups is 2. The van der Waals surface area contributed by atoms with Gasteiger partial charge in [0.15, 0.2) is 0 Å². The van der Waals surface area contributed by atoms with Crippen molar-refractivity contribution in [3.8, 4) is 0 Å². The minimum Gasteiger partial charge on any atom is -0.375 e. The molecule has 9 heteroatoms. The molecule has 0 spiro atoms. The molecule has 1 aliphatic carbocycles. The molecule has 2 aromatic rings. The summed E-state index contributed by atoms with van der Waals surface area (Å²) < 4.78 is 0. The van der Waals surface area contributed by atoms with Gasteiger partial charge in [0.25, 0.3) is 17.5 Å². The van der Waals surface area contributed by atoms with E-state index in [9.17, 15) is 19.7 Å². The summed E-state index contributed by atoms with van der Waals surface area (Å²) >= 11 is 0. The molecule has 2 N–H and O–H groups in total. The molecule has 150 valence electrons. The Hall–Kier alpha value is -3.49. The molecule has 9 nitrogen and oxygen atoms in total. The van der Waals surface area contributed by atoms with Crippen molar-refractivity contribution < 1.29 is 14.5 Å². The van der Waals surface area contributed by atoms with Gasteiger partial charge in [-0.05, 0) is 43.5 Å². The summed E-state index contributed by atoms with van der Waals surface area (Å²) in [6, 6.07) is 9.68. The SMILES string of the molecule is O=C(NC1CC1)c1ccc(NC2CCN(C(=O)c3ccccn3)C2)c([N+](=O)[O-])c1. The molecular formula is C20H21N5O4. The number of anilines is 1. The summed E-state index contributed by atoms with van der Waals surface area (Å²) in [7, 11) is 0. The van der Waals surface area contributed by atoms with E-state index in [-0.39, 0.29) is 35.1 Å². The maximum atomic E-state index is 12.5. The molecule has 1 aromatic carbocycles. The Bertz CT molecular complexity index is 945. The smallest absolute Gasteiger partial charge is 0.293 e. The predicted molar refractivity (Wildman–Crippen MR) is 106 cm³/mol. The van der Waals surface area contributed by atoms with Crippen LogP contribution in [0.3, 0.4) is 0 Å². The minimum atomic E-state index is -0.498. The van der Waals surface area contributed by atoms with Crippen LogP contribution in [0.15, 0.2) is 42.6 Å². The van der Waals surface area contributed by atoms with Crippen LogP contribution in [0.5, 0.6) is 0 Å². The lowest BCUT2D eigenvalue weighted by molar-refractivity contribution is -0.384. The van der Waals surface area contributed by atoms with Crippen molar-refractivity contribution in [2.45, 2.75) is 31.3 Å². The van der Waals surface area contributed by atoms with Crippen LogP contribution in [-0.4, -0.2) is 51.8 Å². The van der Waals surface area contributed by atoms with Crippen molar-refractivity contribution in [1.29, 1.82) is 0 Å². The van der Waals surface area contributed by atoms with E-state index in [0.717, 1.165) is 12.8 Å². The van der Waals surface area contributed by atoms with Gasteiger partial charge in [-0.1, -0.05) is 6.07 Å². The lowest BCUT2D eigenvalue weighted by Crippen LogP contribution is -2.32. The van der Waals surface area contributed by atoms with E-state index in [1.165, 1.54) is 6.07 Å². The Kier molecular flexibility index (Phi) is 5.11. The molecule has 2 aliphatic rings. The highest BCUT2D eigenvalue weighted by molar-refractivity contribution is 5.96. The number of nitro benzene ring substituents is 1. The van der Waals surface area contributed by atoms with E-state index in [0.29, 0.717) is 30.9 Å². The zero-order chi connectivity index (χ0) is 20.4. The van der Waals surface area contributed by atoms with Crippen LogP contribution in [0.2, 0.25) is 0 Å². The Morgan fingerprint density at radius 1 is 1.14 bits per heavy atom. The summed E-state index contributed by atoms with van der Waals surface area (Å²) in [4.78, 5) is 41.5. The van der Waals surface area contributed by atoms with E-state index >= 15 is 0 Å². The van der Waals surface area contributed by atoms with E-state index in [1.54, 1.807) is 41.4 Å². The molecule has 1 unspecified atom stereocenters. The molecule has 2 heterocycles. The summed E-state index contributed by atoms with van der Waals surface area (Å²) in [6.45, 7) is 0.971. The first-order valence-electron chi connectivity index (χ1n) is 9.57. The van der Waals surface area contributed by atoms with Gasteiger partial charge in [-0.2, -0.15) is 0 Å². The average Bonchev–Trinajstić information content (AvgIpc) is 3.42. The number of rotatable bonds is 6. The zero-order valence-electron chi connectivity index (χ0n) is 15.7. The lowest BCUT2D eigenvalue weighted by Gasteiger charge is -2.17. The number of nitro groups is 1. The first-order valence-corrected chi connectivity index (χ1v) is 9.57. The molecule has 1 saturated carbocycles. The average molecular weight is 395 g/mol. The number of benzene rings is 1. The van der Waals surface area contributed by atoms with Gasteiger partial charge in [-0.15, -0.1) is 0 Å². The van der Waals surface area contributed by atoms with Crippen LogP contribution < -0.4 is 10.6 Å². The normalized spacial score (nSPS) is 18.3. The highest BCUT2D eigenvalue weighted by atomic mass is 16.6. The topological polar surface area (TPSA) is 117 Å². The highest BCUT2D eigenvalue weighted by Gasteiger charge is 2.30. The van der Waals surface area contributed by atoms with Crippen LogP contribution in [0.4, 0.5) is 11.4 Å². The third-order valence-corrected chi connectivity index (χ3v) is 5.09. The van der Waals surface area contributed by atoms with Crippen molar-refractivity contribution >= 4 is 23.2 Å². The molecule has 1 saturated heterocycles. The third kappa shape index (κ3) is 4.34. The number of hydrogen-bond donors (Lipinski definition) is 2. The molecule has 0 bridgehead atoms. The first kappa shape index (κ1) is 18.9. The zero-order valence-corrected chi connectivity index (χ0v) is 15.7. The van der Waals surface area contributed by atoms with Crippen LogP contribution in [0.1, 0.15) is 40.1 Å². The van der Waals surface area contributed by atoms with Crippen LogP contribution in [0, 0.1) is 10.1 Å². The van der Waals surface area contributed by atoms with Gasteiger partial charge in [-0.3, -0.25) is 24.7 Å². The predicted octanol–water partition coefficient (Wildman–Crippen LogP) is 2.21. The Morgan fingerprint density at radius 2 is 1.97 bits per heavy atom. The summed E-state index contributed by atoms with van der Waals surface area (Å²) in [5.41, 5.74) is 0.843. The van der Waals surface area contributed by atoms with Gasteiger partial charge < -0.3 is 15.5 Å². The van der Waals surface area contributed by atoms with Crippen LogP contribution in [0.25, 0.3) is 0 Å². The number of carbonyl (C=O) groups excluding carboxylic acids is 2. The molecule has 4 rings (SSSR count). The standard InChI is InChI=1S/C20H21N5O4/c26-19(23-14-5-6-14)13-4-7-16(18(11-13)25(28)29)22-15-8-10-24(12-15)20(27)17-3-1-2-9-21-17/h1-4,7,9,11,14-15,22H,5-6,8,10,12H2,(H,23,26). The molecule has 0 radical (unpaired) electrons. The number of amides is 2. The summed E-state index contributed by atoms with van der Waals surface area (Å²) in [5.74, 6) is -0.452. The van der Waals surface area contributed by atoms with E-state index in [1.807, 2.05) is 0 Å². The fraction of sp³-hybridized carbons (Fsp3) is 0.350.